The molecular weight excluding hydrogens is 257 g/mol. The summed E-state index contributed by atoms with van der Waals surface area (Å²) < 4.78 is 13.5. The third kappa shape index (κ3) is 2.25. The number of H-pyrrole nitrogens is 1. The summed E-state index contributed by atoms with van der Waals surface area (Å²) in [6, 6.07) is 11.7. The molecular formula is C15H12FN3O. The third-order valence-electron chi connectivity index (χ3n) is 3.13. The Morgan fingerprint density at radius 2 is 2.05 bits per heavy atom. The number of nitrogens with one attached hydrogen (secondary N) is 2. The minimum absolute atomic E-state index is 0.153. The number of hydrogen-bond donors (Lipinski definition) is 2. The molecule has 0 aliphatic heterocycles. The first-order valence-electron chi connectivity index (χ1n) is 6.19. The van der Waals surface area contributed by atoms with Crippen LogP contribution >= 0.6 is 0 Å². The van der Waals surface area contributed by atoms with E-state index in [0.717, 1.165) is 10.9 Å². The summed E-state index contributed by atoms with van der Waals surface area (Å²) in [5, 5.41) is 10.2. The molecule has 0 saturated heterocycles. The summed E-state index contributed by atoms with van der Waals surface area (Å²) in [6.45, 7) is 0.153. The van der Waals surface area contributed by atoms with Crippen LogP contribution < -0.4 is 5.32 Å². The first-order valence-corrected chi connectivity index (χ1v) is 6.19. The van der Waals surface area contributed by atoms with E-state index in [1.165, 1.54) is 6.07 Å². The molecule has 100 valence electrons. The maximum absolute atomic E-state index is 13.5. The number of nitrogens with zero attached hydrogens (tertiary/aromatic N) is 1. The Labute approximate surface area is 114 Å². The van der Waals surface area contributed by atoms with Gasteiger partial charge in [-0.2, -0.15) is 5.10 Å². The maximum Gasteiger partial charge on any atom is 0.252 e. The molecule has 0 fully saturated rings. The van der Waals surface area contributed by atoms with Crippen molar-refractivity contribution in [3.05, 3.63) is 65.6 Å². The Balaban J connectivity index is 1.80. The molecule has 4 nitrogen and oxygen atoms in total. The second kappa shape index (κ2) is 5.13. The van der Waals surface area contributed by atoms with Gasteiger partial charge in [0.2, 0.25) is 0 Å². The number of aromatic nitrogens is 2. The number of halogens is 1. The van der Waals surface area contributed by atoms with E-state index in [4.69, 9.17) is 0 Å². The summed E-state index contributed by atoms with van der Waals surface area (Å²) in [5.41, 5.74) is 1.77. The van der Waals surface area contributed by atoms with Crippen molar-refractivity contribution in [1.29, 1.82) is 0 Å². The highest BCUT2D eigenvalue weighted by Crippen LogP contribution is 2.16. The van der Waals surface area contributed by atoms with Gasteiger partial charge in [-0.1, -0.05) is 24.3 Å². The molecule has 2 aromatic carbocycles. The van der Waals surface area contributed by atoms with E-state index in [1.807, 2.05) is 6.07 Å². The average Bonchev–Trinajstić information content (AvgIpc) is 2.94. The highest BCUT2D eigenvalue weighted by molar-refractivity contribution is 6.05. The van der Waals surface area contributed by atoms with Crippen molar-refractivity contribution < 1.29 is 9.18 Å². The second-order valence-electron chi connectivity index (χ2n) is 4.41. The molecule has 0 radical (unpaired) electrons. The fourth-order valence-corrected chi connectivity index (χ4v) is 2.08. The van der Waals surface area contributed by atoms with E-state index in [1.54, 1.807) is 36.5 Å². The lowest BCUT2D eigenvalue weighted by atomic mass is 10.1. The van der Waals surface area contributed by atoms with Crippen molar-refractivity contribution in [2.24, 2.45) is 0 Å². The molecule has 20 heavy (non-hydrogen) atoms. The van der Waals surface area contributed by atoms with Gasteiger partial charge < -0.3 is 5.32 Å². The summed E-state index contributed by atoms with van der Waals surface area (Å²) >= 11 is 0. The minimum Gasteiger partial charge on any atom is -0.348 e. The Kier molecular flexibility index (Phi) is 3.16. The fourth-order valence-electron chi connectivity index (χ4n) is 2.08. The van der Waals surface area contributed by atoms with Gasteiger partial charge in [0.1, 0.15) is 5.82 Å². The zero-order chi connectivity index (χ0) is 13.9. The number of fused-ring (bicyclic) bond motifs is 1. The molecule has 0 saturated carbocycles. The number of carbonyl (C=O) groups is 1. The molecule has 1 heterocycles. The van der Waals surface area contributed by atoms with Crippen molar-refractivity contribution in [1.82, 2.24) is 15.5 Å². The number of aromatic amines is 1. The largest absolute Gasteiger partial charge is 0.348 e. The van der Waals surface area contributed by atoms with Gasteiger partial charge in [0.15, 0.2) is 0 Å². The molecule has 0 aliphatic rings. The first-order chi connectivity index (χ1) is 9.75. The summed E-state index contributed by atoms with van der Waals surface area (Å²) in [4.78, 5) is 12.2. The molecule has 5 heteroatoms. The van der Waals surface area contributed by atoms with E-state index in [0.29, 0.717) is 11.1 Å². The normalized spacial score (nSPS) is 10.7. The van der Waals surface area contributed by atoms with Crippen molar-refractivity contribution in [2.45, 2.75) is 6.54 Å². The standard InChI is InChI=1S/C15H12FN3O/c16-13-6-2-1-4-10(13)8-17-15(20)11-5-3-7-14-12(11)9-18-19-14/h1-7,9H,8H2,(H,17,20)(H,18,19). The Morgan fingerprint density at radius 1 is 1.20 bits per heavy atom. The lowest BCUT2D eigenvalue weighted by Crippen LogP contribution is -2.23. The zero-order valence-electron chi connectivity index (χ0n) is 10.6. The van der Waals surface area contributed by atoms with E-state index < -0.39 is 0 Å². The SMILES string of the molecule is O=C(NCc1ccccc1F)c1cccc2[nH]ncc12. The van der Waals surface area contributed by atoms with Crippen LogP contribution in [0.4, 0.5) is 4.39 Å². The third-order valence-corrected chi connectivity index (χ3v) is 3.13. The van der Waals surface area contributed by atoms with Crippen LogP contribution in [0.3, 0.4) is 0 Å². The fraction of sp³-hybridized carbons (Fsp3) is 0.0667. The molecule has 3 aromatic rings. The van der Waals surface area contributed by atoms with Crippen molar-refractivity contribution >= 4 is 16.8 Å². The topological polar surface area (TPSA) is 57.8 Å². The smallest absolute Gasteiger partial charge is 0.252 e. The zero-order valence-corrected chi connectivity index (χ0v) is 10.6. The molecule has 2 N–H and O–H groups in total. The van der Waals surface area contributed by atoms with Crippen molar-refractivity contribution in [2.75, 3.05) is 0 Å². The van der Waals surface area contributed by atoms with E-state index in [9.17, 15) is 9.18 Å². The number of rotatable bonds is 3. The first kappa shape index (κ1) is 12.3. The van der Waals surface area contributed by atoms with Crippen LogP contribution in [0.15, 0.2) is 48.7 Å². The molecule has 0 unspecified atom stereocenters. The van der Waals surface area contributed by atoms with Crippen LogP contribution in [0.5, 0.6) is 0 Å². The monoisotopic (exact) mass is 269 g/mol. The van der Waals surface area contributed by atoms with Gasteiger partial charge in [-0.05, 0) is 18.2 Å². The average molecular weight is 269 g/mol. The van der Waals surface area contributed by atoms with Crippen LogP contribution in [0.1, 0.15) is 15.9 Å². The molecule has 0 atom stereocenters. The van der Waals surface area contributed by atoms with Crippen LogP contribution in [-0.2, 0) is 6.54 Å². The van der Waals surface area contributed by atoms with Gasteiger partial charge in [0.05, 0.1) is 17.3 Å². The molecule has 1 amide bonds. The van der Waals surface area contributed by atoms with Gasteiger partial charge in [0, 0.05) is 17.5 Å². The van der Waals surface area contributed by atoms with Gasteiger partial charge >= 0.3 is 0 Å². The predicted molar refractivity (Wildman–Crippen MR) is 73.7 cm³/mol. The Hall–Kier alpha value is -2.69. The molecule has 1 aromatic heterocycles. The van der Waals surface area contributed by atoms with E-state index in [-0.39, 0.29) is 18.3 Å². The highest BCUT2D eigenvalue weighted by atomic mass is 19.1. The number of amides is 1. The molecule has 3 rings (SSSR count). The summed E-state index contributed by atoms with van der Waals surface area (Å²) in [7, 11) is 0. The van der Waals surface area contributed by atoms with E-state index >= 15 is 0 Å². The number of benzene rings is 2. The quantitative estimate of drug-likeness (QED) is 0.768. The Morgan fingerprint density at radius 3 is 2.90 bits per heavy atom. The molecule has 0 aliphatic carbocycles. The van der Waals surface area contributed by atoms with Crippen molar-refractivity contribution in [3.8, 4) is 0 Å². The van der Waals surface area contributed by atoms with Crippen LogP contribution in [0.2, 0.25) is 0 Å². The second-order valence-corrected chi connectivity index (χ2v) is 4.41. The van der Waals surface area contributed by atoms with Crippen LogP contribution in [0, 0.1) is 5.82 Å². The number of carbonyl (C=O) groups excluding carboxylic acids is 1. The highest BCUT2D eigenvalue weighted by Gasteiger charge is 2.11. The van der Waals surface area contributed by atoms with Gasteiger partial charge in [-0.15, -0.1) is 0 Å². The predicted octanol–water partition coefficient (Wildman–Crippen LogP) is 2.63. The van der Waals surface area contributed by atoms with Gasteiger partial charge in [0.25, 0.3) is 5.91 Å². The molecule has 0 spiro atoms. The summed E-state index contributed by atoms with van der Waals surface area (Å²) in [5.74, 6) is -0.574. The lowest BCUT2D eigenvalue weighted by Gasteiger charge is -2.07. The van der Waals surface area contributed by atoms with Crippen molar-refractivity contribution in [3.63, 3.8) is 0 Å². The Bertz CT molecular complexity index is 766. The van der Waals surface area contributed by atoms with Crippen LogP contribution in [-0.4, -0.2) is 16.1 Å². The number of hydrogen-bond acceptors (Lipinski definition) is 2. The van der Waals surface area contributed by atoms with E-state index in [2.05, 4.69) is 15.5 Å². The van der Waals surface area contributed by atoms with Gasteiger partial charge in [-0.25, -0.2) is 4.39 Å². The maximum atomic E-state index is 13.5. The summed E-state index contributed by atoms with van der Waals surface area (Å²) in [6.07, 6.45) is 1.60. The molecule has 0 bridgehead atoms. The van der Waals surface area contributed by atoms with Gasteiger partial charge in [-0.3, -0.25) is 9.89 Å². The lowest BCUT2D eigenvalue weighted by molar-refractivity contribution is 0.0952. The minimum atomic E-state index is -0.325. The van der Waals surface area contributed by atoms with Crippen LogP contribution in [0.25, 0.3) is 10.9 Å².